The molecule has 2 aromatic rings. The lowest BCUT2D eigenvalue weighted by atomic mass is 10.2. The molecule has 1 fully saturated rings. The molecule has 0 bridgehead atoms. The molecule has 0 radical (unpaired) electrons. The number of allylic oxidation sites excluding steroid dienone is 3. The highest BCUT2D eigenvalue weighted by Gasteiger charge is 2.21. The zero-order valence-corrected chi connectivity index (χ0v) is 23.6. The van der Waals surface area contributed by atoms with E-state index in [-0.39, 0.29) is 29.0 Å². The average Bonchev–Trinajstić information content (AvgIpc) is 3.44. The summed E-state index contributed by atoms with van der Waals surface area (Å²) in [5, 5.41) is 15.8. The molecule has 3 rings (SSSR count). The van der Waals surface area contributed by atoms with Crippen LogP contribution in [-0.4, -0.2) is 69.5 Å². The van der Waals surface area contributed by atoms with Gasteiger partial charge in [0.1, 0.15) is 33.5 Å². The number of nitrogens with two attached hydrogens (primary N) is 1. The third kappa shape index (κ3) is 8.62. The Kier molecular flexibility index (Phi) is 11.0. The number of piperazine rings is 1. The topological polar surface area (TPSA) is 150 Å². The molecule has 210 valence electrons. The fourth-order valence-corrected chi connectivity index (χ4v) is 4.87. The lowest BCUT2D eigenvalue weighted by Gasteiger charge is -2.35. The van der Waals surface area contributed by atoms with E-state index in [1.807, 2.05) is 0 Å². The summed E-state index contributed by atoms with van der Waals surface area (Å²) in [7, 11) is 0. The van der Waals surface area contributed by atoms with Gasteiger partial charge in [-0.2, -0.15) is 0 Å². The van der Waals surface area contributed by atoms with Crippen molar-refractivity contribution in [3.63, 3.8) is 0 Å². The molecule has 1 atom stereocenters. The van der Waals surface area contributed by atoms with Crippen LogP contribution < -0.4 is 21.3 Å². The molecule has 1 saturated heterocycles. The van der Waals surface area contributed by atoms with Crippen molar-refractivity contribution in [1.29, 1.82) is 0 Å². The maximum Gasteiger partial charge on any atom is 0.270 e. The normalized spacial score (nSPS) is 15.9. The van der Waals surface area contributed by atoms with Crippen LogP contribution in [-0.2, 0) is 0 Å². The molecule has 2 aromatic heterocycles. The Morgan fingerprint density at radius 2 is 1.95 bits per heavy atom. The number of nitrogens with one attached hydrogen (secondary N) is 2. The van der Waals surface area contributed by atoms with Crippen molar-refractivity contribution in [1.82, 2.24) is 30.5 Å². The summed E-state index contributed by atoms with van der Waals surface area (Å²) in [5.74, 6) is -0.148. The summed E-state index contributed by atoms with van der Waals surface area (Å²) >= 11 is 1.17. The second-order valence-corrected chi connectivity index (χ2v) is 10.4. The molecule has 12 heteroatoms. The number of amides is 2. The van der Waals surface area contributed by atoms with Crippen LogP contribution in [0.1, 0.15) is 71.2 Å². The number of aliphatic hydroxyl groups excluding tert-OH is 1. The fraction of sp³-hybridized carbons (Fsp3) is 0.444. The zero-order valence-electron chi connectivity index (χ0n) is 22.8. The predicted molar refractivity (Wildman–Crippen MR) is 153 cm³/mol. The summed E-state index contributed by atoms with van der Waals surface area (Å²) in [4.78, 5) is 43.4. The number of anilines is 1. The Hall–Kier alpha value is -3.77. The third-order valence-electron chi connectivity index (χ3n) is 6.30. The van der Waals surface area contributed by atoms with Crippen molar-refractivity contribution in [2.75, 3.05) is 37.6 Å². The first kappa shape index (κ1) is 29.8. The molecular formula is C27H38N8O3S. The molecule has 0 aromatic carbocycles. The minimum atomic E-state index is -0.436. The van der Waals surface area contributed by atoms with Gasteiger partial charge in [-0.05, 0) is 39.0 Å². The van der Waals surface area contributed by atoms with Crippen LogP contribution >= 0.6 is 11.3 Å². The van der Waals surface area contributed by atoms with Gasteiger partial charge in [-0.1, -0.05) is 26.3 Å². The van der Waals surface area contributed by atoms with Gasteiger partial charge in [-0.3, -0.25) is 14.5 Å². The Balaban J connectivity index is 1.56. The van der Waals surface area contributed by atoms with E-state index in [1.165, 1.54) is 55.3 Å². The fourth-order valence-electron chi connectivity index (χ4n) is 4.06. The van der Waals surface area contributed by atoms with Crippen LogP contribution in [0.25, 0.3) is 0 Å². The number of carbonyl (C=O) groups is 2. The summed E-state index contributed by atoms with van der Waals surface area (Å²) in [5.41, 5.74) is 6.53. The summed E-state index contributed by atoms with van der Waals surface area (Å²) in [6, 6.07) is 1.28. The van der Waals surface area contributed by atoms with Crippen molar-refractivity contribution >= 4 is 29.0 Å². The highest BCUT2D eigenvalue weighted by molar-refractivity contribution is 7.13. The molecule has 1 aliphatic rings. The molecule has 0 spiro atoms. The number of unbranched alkanes of at least 4 members (excludes halogenated alkanes) is 2. The van der Waals surface area contributed by atoms with E-state index in [0.717, 1.165) is 38.5 Å². The molecule has 5 N–H and O–H groups in total. The first-order chi connectivity index (χ1) is 18.7. The lowest BCUT2D eigenvalue weighted by molar-refractivity contribution is 0.0932. The molecule has 1 aliphatic heterocycles. The van der Waals surface area contributed by atoms with Crippen molar-refractivity contribution in [2.24, 2.45) is 5.73 Å². The number of hydrogen-bond donors (Lipinski definition) is 4. The number of thiazole rings is 1. The van der Waals surface area contributed by atoms with Gasteiger partial charge in [0, 0.05) is 37.9 Å². The molecule has 39 heavy (non-hydrogen) atoms. The molecule has 11 nitrogen and oxygen atoms in total. The van der Waals surface area contributed by atoms with Gasteiger partial charge in [-0.25, -0.2) is 15.0 Å². The van der Waals surface area contributed by atoms with Crippen LogP contribution in [0.5, 0.6) is 0 Å². The largest absolute Gasteiger partial charge is 0.506 e. The van der Waals surface area contributed by atoms with E-state index < -0.39 is 6.04 Å². The van der Waals surface area contributed by atoms with E-state index in [0.29, 0.717) is 15.6 Å². The number of rotatable bonds is 12. The highest BCUT2D eigenvalue weighted by atomic mass is 32.1. The van der Waals surface area contributed by atoms with Crippen LogP contribution in [0.2, 0.25) is 0 Å². The van der Waals surface area contributed by atoms with Gasteiger partial charge in [0.15, 0.2) is 0 Å². The SMILES string of the molecule is C=C/C(O)=C(N)\C=C(/C)NC(=O)c1cnc([C@@H](C)NC(=O)c2cc(N3CCN(CCCCC)CC3)ncn2)s1. The Morgan fingerprint density at radius 3 is 2.64 bits per heavy atom. The van der Waals surface area contributed by atoms with Gasteiger partial charge >= 0.3 is 0 Å². The average molecular weight is 555 g/mol. The third-order valence-corrected chi connectivity index (χ3v) is 7.48. The van der Waals surface area contributed by atoms with E-state index in [9.17, 15) is 14.7 Å². The molecule has 0 unspecified atom stereocenters. The summed E-state index contributed by atoms with van der Waals surface area (Å²) in [6.07, 6.45) is 9.22. The first-order valence-electron chi connectivity index (χ1n) is 13.1. The van der Waals surface area contributed by atoms with Gasteiger partial charge in [0.25, 0.3) is 11.8 Å². The standard InChI is InChI=1S/C27H38N8O3S/c1-5-7-8-9-34-10-12-35(13-11-34)24-15-21(30-17-31-24)25(37)33-19(4)27-29-16-23(39-27)26(38)32-18(3)14-20(28)22(36)6-2/h6,14-17,19,36H,2,5,7-13,28H2,1,3-4H3,(H,32,38)(H,33,37)/b18-14+,22-20-/t19-/m1/s1. The lowest BCUT2D eigenvalue weighted by Crippen LogP contribution is -2.47. The van der Waals surface area contributed by atoms with E-state index >= 15 is 0 Å². The Bertz CT molecular complexity index is 1220. The molecule has 3 heterocycles. The molecular weight excluding hydrogens is 516 g/mol. The summed E-state index contributed by atoms with van der Waals surface area (Å²) in [6.45, 7) is 13.9. The van der Waals surface area contributed by atoms with E-state index in [4.69, 9.17) is 5.73 Å². The Labute approximate surface area is 233 Å². The van der Waals surface area contributed by atoms with Crippen molar-refractivity contribution in [2.45, 2.75) is 46.1 Å². The maximum absolute atomic E-state index is 12.9. The smallest absolute Gasteiger partial charge is 0.270 e. The molecule has 2 amide bonds. The second kappa shape index (κ2) is 14.4. The van der Waals surface area contributed by atoms with Crippen LogP contribution in [0.15, 0.2) is 54.5 Å². The number of hydrogen-bond acceptors (Lipinski definition) is 10. The molecule has 0 aliphatic carbocycles. The highest BCUT2D eigenvalue weighted by Crippen LogP contribution is 2.21. The quantitative estimate of drug-likeness (QED) is 0.176. The minimum absolute atomic E-state index is 0.0849. The van der Waals surface area contributed by atoms with Gasteiger partial charge in [0.2, 0.25) is 0 Å². The minimum Gasteiger partial charge on any atom is -0.506 e. The number of aliphatic hydroxyl groups is 1. The zero-order chi connectivity index (χ0) is 28.4. The van der Waals surface area contributed by atoms with Crippen molar-refractivity contribution in [3.05, 3.63) is 70.1 Å². The van der Waals surface area contributed by atoms with Gasteiger partial charge in [-0.15, -0.1) is 11.3 Å². The predicted octanol–water partition coefficient (Wildman–Crippen LogP) is 3.28. The summed E-state index contributed by atoms with van der Waals surface area (Å²) < 4.78 is 0. The first-order valence-corrected chi connectivity index (χ1v) is 13.9. The van der Waals surface area contributed by atoms with Crippen molar-refractivity contribution in [3.8, 4) is 0 Å². The Morgan fingerprint density at radius 1 is 1.21 bits per heavy atom. The number of nitrogens with zero attached hydrogens (tertiary/aromatic N) is 5. The number of aromatic nitrogens is 3. The van der Waals surface area contributed by atoms with Crippen LogP contribution in [0.4, 0.5) is 5.82 Å². The number of carbonyl (C=O) groups excluding carboxylic acids is 2. The van der Waals surface area contributed by atoms with Crippen LogP contribution in [0, 0.1) is 0 Å². The second-order valence-electron chi connectivity index (χ2n) is 9.38. The molecule has 0 saturated carbocycles. The van der Waals surface area contributed by atoms with Crippen molar-refractivity contribution < 1.29 is 14.7 Å². The van der Waals surface area contributed by atoms with E-state index in [2.05, 4.69) is 48.9 Å². The van der Waals surface area contributed by atoms with E-state index in [1.54, 1.807) is 19.9 Å². The monoisotopic (exact) mass is 554 g/mol. The van der Waals surface area contributed by atoms with Gasteiger partial charge < -0.3 is 26.4 Å². The maximum atomic E-state index is 12.9. The van der Waals surface area contributed by atoms with Gasteiger partial charge in [0.05, 0.1) is 17.9 Å². The van der Waals surface area contributed by atoms with Crippen LogP contribution in [0.3, 0.4) is 0 Å².